The number of para-hydroxylation sites is 1. The summed E-state index contributed by atoms with van der Waals surface area (Å²) in [5, 5.41) is 0. The lowest BCUT2D eigenvalue weighted by atomic mass is 10.2. The van der Waals surface area contributed by atoms with E-state index in [1.807, 2.05) is 30.3 Å². The molecule has 2 N–H and O–H groups in total. The van der Waals surface area contributed by atoms with Gasteiger partial charge in [0.2, 0.25) is 0 Å². The third-order valence-electron chi connectivity index (χ3n) is 5.17. The van der Waals surface area contributed by atoms with Crippen molar-refractivity contribution in [2.45, 2.75) is 32.9 Å². The van der Waals surface area contributed by atoms with E-state index in [-0.39, 0.29) is 24.6 Å². The summed E-state index contributed by atoms with van der Waals surface area (Å²) in [5.41, 5.74) is 6.55. The fraction of sp³-hybridized carbons (Fsp3) is 0.280. The van der Waals surface area contributed by atoms with Gasteiger partial charge in [0.25, 0.3) is 0 Å². The molecule has 10 heteroatoms. The Morgan fingerprint density at radius 2 is 1.69 bits per heavy atom. The molecule has 0 saturated carbocycles. The van der Waals surface area contributed by atoms with Crippen molar-refractivity contribution in [3.63, 3.8) is 0 Å². The predicted molar refractivity (Wildman–Crippen MR) is 133 cm³/mol. The number of anilines is 1. The standard InChI is InChI=1S/C25H28N6O4/c1-25(2,3)35-24(33)29(4)14-15-30-22-20(21(26)27-16-28-22)31(23(30)32)17-10-12-19(13-11-17)34-18-8-6-5-7-9-18/h5-13,16H,14-15H2,1-4H3,(H2,26,27,28). The van der Waals surface area contributed by atoms with Crippen LogP contribution in [0.5, 0.6) is 11.5 Å². The van der Waals surface area contributed by atoms with Gasteiger partial charge in [-0.3, -0.25) is 9.13 Å². The number of nitrogens with zero attached hydrogens (tertiary/aromatic N) is 5. The number of ether oxygens (including phenoxy) is 2. The molecule has 2 aromatic heterocycles. The number of benzene rings is 2. The van der Waals surface area contributed by atoms with Gasteiger partial charge in [-0.2, -0.15) is 0 Å². The average molecular weight is 477 g/mol. The van der Waals surface area contributed by atoms with Gasteiger partial charge in [0.05, 0.1) is 5.69 Å². The minimum atomic E-state index is -0.615. The van der Waals surface area contributed by atoms with Crippen LogP contribution in [-0.2, 0) is 11.3 Å². The molecule has 1 amide bonds. The molecular formula is C25H28N6O4. The van der Waals surface area contributed by atoms with E-state index < -0.39 is 11.7 Å². The Hall–Kier alpha value is -4.34. The van der Waals surface area contributed by atoms with Crippen molar-refractivity contribution in [2.24, 2.45) is 0 Å². The van der Waals surface area contributed by atoms with Crippen LogP contribution in [0.15, 0.2) is 65.7 Å². The SMILES string of the molecule is CN(CCn1c(=O)n(-c2ccc(Oc3ccccc3)cc2)c2c(N)ncnc21)C(=O)OC(C)(C)C. The molecule has 0 unspecified atom stereocenters. The Labute approximate surface area is 202 Å². The fourth-order valence-corrected chi connectivity index (χ4v) is 3.51. The molecule has 2 aromatic carbocycles. The number of hydrogen-bond donors (Lipinski definition) is 1. The first-order valence-corrected chi connectivity index (χ1v) is 11.1. The van der Waals surface area contributed by atoms with Gasteiger partial charge in [0, 0.05) is 20.1 Å². The number of nitrogen functional groups attached to an aromatic ring is 1. The van der Waals surface area contributed by atoms with Gasteiger partial charge in [0.1, 0.15) is 28.9 Å². The number of fused-ring (bicyclic) bond motifs is 1. The van der Waals surface area contributed by atoms with Gasteiger partial charge >= 0.3 is 11.8 Å². The number of nitrogens with two attached hydrogens (primary N) is 1. The number of carbonyl (C=O) groups excluding carboxylic acids is 1. The quantitative estimate of drug-likeness (QED) is 0.449. The Morgan fingerprint density at radius 3 is 2.34 bits per heavy atom. The van der Waals surface area contributed by atoms with Crippen molar-refractivity contribution in [2.75, 3.05) is 19.3 Å². The number of likely N-dealkylation sites (N-methyl/N-ethyl adjacent to an activating group) is 1. The number of amides is 1. The highest BCUT2D eigenvalue weighted by Crippen LogP contribution is 2.25. The number of aromatic nitrogens is 4. The number of carbonyl (C=O) groups is 1. The van der Waals surface area contributed by atoms with Crippen molar-refractivity contribution >= 4 is 23.1 Å². The summed E-state index contributed by atoms with van der Waals surface area (Å²) < 4.78 is 14.2. The lowest BCUT2D eigenvalue weighted by molar-refractivity contribution is 0.0293. The molecule has 2 heterocycles. The van der Waals surface area contributed by atoms with Crippen LogP contribution < -0.4 is 16.2 Å². The first kappa shape index (κ1) is 23.8. The van der Waals surface area contributed by atoms with Crippen LogP contribution in [0.3, 0.4) is 0 Å². The molecule has 10 nitrogen and oxygen atoms in total. The van der Waals surface area contributed by atoms with Gasteiger partial charge in [-0.15, -0.1) is 0 Å². The van der Waals surface area contributed by atoms with Gasteiger partial charge < -0.3 is 20.1 Å². The van der Waals surface area contributed by atoms with E-state index in [4.69, 9.17) is 15.2 Å². The van der Waals surface area contributed by atoms with E-state index in [0.29, 0.717) is 28.4 Å². The van der Waals surface area contributed by atoms with Gasteiger partial charge in [-0.05, 0) is 57.2 Å². The fourth-order valence-electron chi connectivity index (χ4n) is 3.51. The molecule has 0 radical (unpaired) electrons. The molecule has 0 atom stereocenters. The lowest BCUT2D eigenvalue weighted by Crippen LogP contribution is -2.37. The van der Waals surface area contributed by atoms with E-state index in [9.17, 15) is 9.59 Å². The molecule has 0 aliphatic carbocycles. The average Bonchev–Trinajstić information content (AvgIpc) is 3.10. The van der Waals surface area contributed by atoms with Crippen LogP contribution in [0, 0.1) is 0 Å². The summed E-state index contributed by atoms with van der Waals surface area (Å²) in [6.45, 7) is 5.83. The zero-order valence-corrected chi connectivity index (χ0v) is 20.1. The molecule has 0 bridgehead atoms. The summed E-state index contributed by atoms with van der Waals surface area (Å²) in [7, 11) is 1.62. The van der Waals surface area contributed by atoms with Crippen LogP contribution in [0.1, 0.15) is 20.8 Å². The summed E-state index contributed by atoms with van der Waals surface area (Å²) in [6, 6.07) is 16.5. The molecule has 0 fully saturated rings. The molecule has 35 heavy (non-hydrogen) atoms. The zero-order chi connectivity index (χ0) is 25.2. The van der Waals surface area contributed by atoms with Crippen molar-refractivity contribution in [3.05, 3.63) is 71.4 Å². The van der Waals surface area contributed by atoms with E-state index in [1.54, 1.807) is 52.1 Å². The molecule has 182 valence electrons. The Bertz CT molecular complexity index is 1390. The minimum Gasteiger partial charge on any atom is -0.457 e. The van der Waals surface area contributed by atoms with Crippen molar-refractivity contribution in [1.82, 2.24) is 24.0 Å². The highest BCUT2D eigenvalue weighted by molar-refractivity contribution is 5.84. The minimum absolute atomic E-state index is 0.177. The maximum atomic E-state index is 13.5. The molecule has 0 aliphatic rings. The number of rotatable bonds is 6. The summed E-state index contributed by atoms with van der Waals surface area (Å²) in [6.07, 6.45) is 0.837. The van der Waals surface area contributed by atoms with E-state index in [1.165, 1.54) is 20.4 Å². The Morgan fingerprint density at radius 1 is 1.03 bits per heavy atom. The third kappa shape index (κ3) is 5.26. The second kappa shape index (κ2) is 9.49. The van der Waals surface area contributed by atoms with Crippen molar-refractivity contribution in [1.29, 1.82) is 0 Å². The Balaban J connectivity index is 1.64. The highest BCUT2D eigenvalue weighted by Gasteiger charge is 2.22. The maximum Gasteiger partial charge on any atom is 0.410 e. The van der Waals surface area contributed by atoms with Crippen LogP contribution in [-0.4, -0.2) is 49.3 Å². The van der Waals surface area contributed by atoms with Crippen molar-refractivity contribution < 1.29 is 14.3 Å². The maximum absolute atomic E-state index is 13.5. The molecule has 0 spiro atoms. The van der Waals surface area contributed by atoms with E-state index in [2.05, 4.69) is 9.97 Å². The molecule has 4 rings (SSSR count). The molecule has 4 aromatic rings. The van der Waals surface area contributed by atoms with Crippen LogP contribution in [0.2, 0.25) is 0 Å². The molecule has 0 saturated heterocycles. The van der Waals surface area contributed by atoms with E-state index >= 15 is 0 Å². The van der Waals surface area contributed by atoms with Crippen LogP contribution in [0.4, 0.5) is 10.6 Å². The third-order valence-corrected chi connectivity index (χ3v) is 5.17. The second-order valence-electron chi connectivity index (χ2n) is 9.01. The number of imidazole rings is 1. The highest BCUT2D eigenvalue weighted by atomic mass is 16.6. The topological polar surface area (TPSA) is 118 Å². The number of hydrogen-bond acceptors (Lipinski definition) is 7. The predicted octanol–water partition coefficient (Wildman–Crippen LogP) is 3.82. The van der Waals surface area contributed by atoms with Gasteiger partial charge in [0.15, 0.2) is 11.5 Å². The monoisotopic (exact) mass is 476 g/mol. The summed E-state index contributed by atoms with van der Waals surface area (Å²) >= 11 is 0. The van der Waals surface area contributed by atoms with Crippen LogP contribution >= 0.6 is 0 Å². The smallest absolute Gasteiger partial charge is 0.410 e. The van der Waals surface area contributed by atoms with E-state index in [0.717, 1.165) is 0 Å². The van der Waals surface area contributed by atoms with Crippen LogP contribution in [0.25, 0.3) is 16.9 Å². The summed E-state index contributed by atoms with van der Waals surface area (Å²) in [4.78, 5) is 35.6. The zero-order valence-electron chi connectivity index (χ0n) is 20.1. The molecular weight excluding hydrogens is 448 g/mol. The van der Waals surface area contributed by atoms with Crippen molar-refractivity contribution in [3.8, 4) is 17.2 Å². The largest absolute Gasteiger partial charge is 0.457 e. The van der Waals surface area contributed by atoms with Gasteiger partial charge in [-0.25, -0.2) is 19.6 Å². The molecule has 0 aliphatic heterocycles. The second-order valence-corrected chi connectivity index (χ2v) is 9.01. The first-order chi connectivity index (χ1) is 16.6. The summed E-state index contributed by atoms with van der Waals surface area (Å²) in [5.74, 6) is 1.51. The first-order valence-electron chi connectivity index (χ1n) is 11.1. The Kier molecular flexibility index (Phi) is 6.46. The normalized spacial score (nSPS) is 11.4. The lowest BCUT2D eigenvalue weighted by Gasteiger charge is -2.24. The van der Waals surface area contributed by atoms with Gasteiger partial charge in [-0.1, -0.05) is 18.2 Å².